The second kappa shape index (κ2) is 8.00. The van der Waals surface area contributed by atoms with Gasteiger partial charge in [0.15, 0.2) is 0 Å². The molecule has 9 heteroatoms. The first-order valence-electron chi connectivity index (χ1n) is 7.99. The lowest BCUT2D eigenvalue weighted by molar-refractivity contribution is -0.384. The van der Waals surface area contributed by atoms with Crippen LogP contribution in [0.3, 0.4) is 0 Å². The topological polar surface area (TPSA) is 107 Å². The van der Waals surface area contributed by atoms with Gasteiger partial charge in [-0.15, -0.1) is 0 Å². The van der Waals surface area contributed by atoms with Crippen molar-refractivity contribution in [3.05, 3.63) is 58.9 Å². The first-order chi connectivity index (χ1) is 13.0. The van der Waals surface area contributed by atoms with E-state index in [1.54, 1.807) is 6.92 Å². The largest absolute Gasteiger partial charge is 0.495 e. The van der Waals surface area contributed by atoms with Crippen molar-refractivity contribution in [3.8, 4) is 5.75 Å². The van der Waals surface area contributed by atoms with Gasteiger partial charge in [0.05, 0.1) is 28.5 Å². The van der Waals surface area contributed by atoms with Gasteiger partial charge < -0.3 is 10.1 Å². The highest BCUT2D eigenvalue weighted by molar-refractivity contribution is 8.00. The van der Waals surface area contributed by atoms with Crippen LogP contribution in [0.2, 0.25) is 0 Å². The van der Waals surface area contributed by atoms with E-state index in [0.29, 0.717) is 10.8 Å². The minimum atomic E-state index is -0.527. The molecule has 0 fully saturated rings. The molecule has 1 heterocycles. The molecule has 0 aliphatic rings. The molecule has 0 bridgehead atoms. The van der Waals surface area contributed by atoms with Crippen molar-refractivity contribution in [1.82, 2.24) is 9.97 Å². The Bertz CT molecular complexity index is 1010. The number of hydrogen-bond donors (Lipinski definition) is 1. The third-order valence-corrected chi connectivity index (χ3v) is 4.93. The van der Waals surface area contributed by atoms with Crippen LogP contribution in [0.5, 0.6) is 5.75 Å². The van der Waals surface area contributed by atoms with E-state index in [9.17, 15) is 14.9 Å². The summed E-state index contributed by atoms with van der Waals surface area (Å²) in [7, 11) is 1.43. The summed E-state index contributed by atoms with van der Waals surface area (Å²) >= 11 is 1.29. The lowest BCUT2D eigenvalue weighted by Gasteiger charge is -2.14. The highest BCUT2D eigenvalue weighted by Crippen LogP contribution is 2.31. The summed E-state index contributed by atoms with van der Waals surface area (Å²) in [4.78, 5) is 31.5. The maximum atomic E-state index is 12.6. The van der Waals surface area contributed by atoms with Crippen molar-refractivity contribution in [2.45, 2.75) is 17.2 Å². The van der Waals surface area contributed by atoms with E-state index in [4.69, 9.17) is 4.74 Å². The van der Waals surface area contributed by atoms with Gasteiger partial charge in [0.2, 0.25) is 5.91 Å². The van der Waals surface area contributed by atoms with Crippen LogP contribution in [0.1, 0.15) is 6.92 Å². The maximum absolute atomic E-state index is 12.6. The number of carbonyl (C=O) groups excluding carboxylic acids is 1. The lowest BCUT2D eigenvalue weighted by atomic mass is 10.2. The highest BCUT2D eigenvalue weighted by Gasteiger charge is 2.20. The van der Waals surface area contributed by atoms with Gasteiger partial charge in [-0.25, -0.2) is 9.97 Å². The number of methoxy groups -OCH3 is 1. The van der Waals surface area contributed by atoms with Crippen LogP contribution in [-0.2, 0) is 4.79 Å². The Labute approximate surface area is 159 Å². The number of nitrogens with one attached hydrogen (secondary N) is 1. The molecule has 0 aliphatic carbocycles. The molecule has 8 nitrogen and oxygen atoms in total. The van der Waals surface area contributed by atoms with E-state index in [0.717, 1.165) is 10.9 Å². The monoisotopic (exact) mass is 384 g/mol. The van der Waals surface area contributed by atoms with E-state index < -0.39 is 10.2 Å². The van der Waals surface area contributed by atoms with Gasteiger partial charge in [0, 0.05) is 17.5 Å². The van der Waals surface area contributed by atoms with Gasteiger partial charge in [-0.05, 0) is 19.1 Å². The van der Waals surface area contributed by atoms with Crippen molar-refractivity contribution in [3.63, 3.8) is 0 Å². The molecule has 0 saturated heterocycles. The quantitative estimate of drug-likeness (QED) is 0.299. The SMILES string of the molecule is COc1ccc([N+](=O)[O-])cc1NC(=O)C(C)Sc1ncnc2ccccc12. The number of amides is 1. The van der Waals surface area contributed by atoms with Crippen LogP contribution in [0, 0.1) is 10.1 Å². The summed E-state index contributed by atoms with van der Waals surface area (Å²) < 4.78 is 5.17. The Kier molecular flexibility index (Phi) is 5.51. The summed E-state index contributed by atoms with van der Waals surface area (Å²) in [5, 5.41) is 14.7. The minimum Gasteiger partial charge on any atom is -0.495 e. The number of anilines is 1. The predicted molar refractivity (Wildman–Crippen MR) is 103 cm³/mol. The molecule has 1 unspecified atom stereocenters. The molecule has 0 saturated carbocycles. The zero-order valence-corrected chi connectivity index (χ0v) is 15.4. The van der Waals surface area contributed by atoms with Crippen molar-refractivity contribution in [2.75, 3.05) is 12.4 Å². The fourth-order valence-electron chi connectivity index (χ4n) is 2.44. The standard InChI is InChI=1S/C18H16N4O4S/c1-11(27-18-13-5-3-4-6-14(13)19-10-20-18)17(23)21-15-9-12(22(24)25)7-8-16(15)26-2/h3-11H,1-2H3,(H,21,23). The highest BCUT2D eigenvalue weighted by atomic mass is 32.2. The molecule has 3 aromatic rings. The molecule has 2 aromatic carbocycles. The van der Waals surface area contributed by atoms with Gasteiger partial charge in [0.1, 0.15) is 17.1 Å². The molecule has 3 rings (SSSR count). The molecule has 0 radical (unpaired) electrons. The number of aromatic nitrogens is 2. The van der Waals surface area contributed by atoms with Crippen LogP contribution in [-0.4, -0.2) is 33.2 Å². The minimum absolute atomic E-state index is 0.131. The van der Waals surface area contributed by atoms with Gasteiger partial charge in [-0.1, -0.05) is 30.0 Å². The van der Waals surface area contributed by atoms with E-state index >= 15 is 0 Å². The van der Waals surface area contributed by atoms with Crippen LogP contribution >= 0.6 is 11.8 Å². The Morgan fingerprint density at radius 3 is 2.78 bits per heavy atom. The molecule has 1 aromatic heterocycles. The lowest BCUT2D eigenvalue weighted by Crippen LogP contribution is -2.23. The summed E-state index contributed by atoms with van der Waals surface area (Å²) in [6.45, 7) is 1.74. The summed E-state index contributed by atoms with van der Waals surface area (Å²) in [5.74, 6) is 0.0279. The summed E-state index contributed by atoms with van der Waals surface area (Å²) in [6.07, 6.45) is 1.46. The van der Waals surface area contributed by atoms with Gasteiger partial charge in [-0.3, -0.25) is 14.9 Å². The number of thioether (sulfide) groups is 1. The number of non-ortho nitro benzene ring substituents is 1. The number of fused-ring (bicyclic) bond motifs is 1. The van der Waals surface area contributed by atoms with Crippen LogP contribution in [0.4, 0.5) is 11.4 Å². The molecule has 138 valence electrons. The van der Waals surface area contributed by atoms with Crippen molar-refractivity contribution in [1.29, 1.82) is 0 Å². The van der Waals surface area contributed by atoms with Crippen LogP contribution in [0.25, 0.3) is 10.9 Å². The van der Waals surface area contributed by atoms with E-state index in [-0.39, 0.29) is 17.3 Å². The second-order valence-corrected chi connectivity index (χ2v) is 6.92. The number of para-hydroxylation sites is 1. The van der Waals surface area contributed by atoms with Gasteiger partial charge in [0.25, 0.3) is 5.69 Å². The van der Waals surface area contributed by atoms with Gasteiger partial charge in [-0.2, -0.15) is 0 Å². The number of hydrogen-bond acceptors (Lipinski definition) is 7. The molecule has 1 atom stereocenters. The van der Waals surface area contributed by atoms with Crippen molar-refractivity contribution < 1.29 is 14.5 Å². The Morgan fingerprint density at radius 2 is 2.04 bits per heavy atom. The average Bonchev–Trinajstić information content (AvgIpc) is 2.68. The Morgan fingerprint density at radius 1 is 1.26 bits per heavy atom. The van der Waals surface area contributed by atoms with E-state index in [1.807, 2.05) is 24.3 Å². The zero-order chi connectivity index (χ0) is 19.4. The van der Waals surface area contributed by atoms with Crippen molar-refractivity contribution >= 4 is 39.9 Å². The fourth-order valence-corrected chi connectivity index (χ4v) is 3.34. The third-order valence-electron chi connectivity index (χ3n) is 3.82. The molecular formula is C18H16N4O4S. The number of nitro benzene ring substituents is 1. The molecular weight excluding hydrogens is 368 g/mol. The molecule has 1 N–H and O–H groups in total. The predicted octanol–water partition coefficient (Wildman–Crippen LogP) is 3.67. The molecule has 0 spiro atoms. The number of ether oxygens (including phenoxy) is 1. The third kappa shape index (κ3) is 4.14. The fraction of sp³-hybridized carbons (Fsp3) is 0.167. The summed E-state index contributed by atoms with van der Waals surface area (Å²) in [5.41, 5.74) is 0.910. The molecule has 1 amide bonds. The van der Waals surface area contributed by atoms with Crippen LogP contribution < -0.4 is 10.1 Å². The number of rotatable bonds is 6. The maximum Gasteiger partial charge on any atom is 0.271 e. The average molecular weight is 384 g/mol. The van der Waals surface area contributed by atoms with E-state index in [1.165, 1.54) is 43.4 Å². The molecule has 0 aliphatic heterocycles. The normalized spacial score (nSPS) is 11.8. The Hall–Kier alpha value is -3.20. The second-order valence-electron chi connectivity index (χ2n) is 5.59. The summed E-state index contributed by atoms with van der Waals surface area (Å²) in [6, 6.07) is 11.6. The van der Waals surface area contributed by atoms with Crippen molar-refractivity contribution in [2.24, 2.45) is 0 Å². The van der Waals surface area contributed by atoms with E-state index in [2.05, 4.69) is 15.3 Å². The molecule has 27 heavy (non-hydrogen) atoms. The smallest absolute Gasteiger partial charge is 0.271 e. The first-order valence-corrected chi connectivity index (χ1v) is 8.87. The number of nitro groups is 1. The number of carbonyl (C=O) groups is 1. The first kappa shape index (κ1) is 18.6. The van der Waals surface area contributed by atoms with Crippen LogP contribution in [0.15, 0.2) is 53.8 Å². The number of nitrogens with zero attached hydrogens (tertiary/aromatic N) is 3. The Balaban J connectivity index is 1.80. The van der Waals surface area contributed by atoms with Gasteiger partial charge >= 0.3 is 0 Å². The zero-order valence-electron chi connectivity index (χ0n) is 14.6. The number of benzene rings is 2.